The van der Waals surface area contributed by atoms with Gasteiger partial charge < -0.3 is 10.4 Å². The molecule has 1 atom stereocenters. The molecule has 1 heterocycles. The Bertz CT molecular complexity index is 176. The first kappa shape index (κ1) is 7.65. The van der Waals surface area contributed by atoms with E-state index in [0.29, 0.717) is 6.54 Å². The lowest BCUT2D eigenvalue weighted by molar-refractivity contribution is 0.177. The Kier molecular flexibility index (Phi) is 2.80. The molecule has 2 N–H and O–H groups in total. The molecule has 0 aromatic carbocycles. The molecule has 0 radical (unpaired) electrons. The van der Waals surface area contributed by atoms with Crippen LogP contribution in [0.25, 0.3) is 0 Å². The van der Waals surface area contributed by atoms with Crippen molar-refractivity contribution in [3.63, 3.8) is 0 Å². The van der Waals surface area contributed by atoms with Gasteiger partial charge in [-0.3, -0.25) is 0 Å². The van der Waals surface area contributed by atoms with E-state index < -0.39 is 6.10 Å². The highest BCUT2D eigenvalue weighted by atomic mass is 32.1. The largest absolute Gasteiger partial charge is 0.385 e. The summed E-state index contributed by atoms with van der Waals surface area (Å²) in [4.78, 5) is 3.96. The topological polar surface area (TPSA) is 45.1 Å². The number of hydrogen-bond donors (Lipinski definition) is 2. The fourth-order valence-electron chi connectivity index (χ4n) is 0.680. The molecule has 0 saturated carbocycles. The number of aromatic nitrogens is 1. The molecule has 1 aromatic rings. The molecule has 0 bridgehead atoms. The van der Waals surface area contributed by atoms with Crippen LogP contribution in [0.4, 0.5) is 0 Å². The molecule has 1 aromatic heterocycles. The van der Waals surface area contributed by atoms with E-state index in [1.54, 1.807) is 13.2 Å². The first-order valence-corrected chi connectivity index (χ1v) is 3.94. The maximum Gasteiger partial charge on any atom is 0.122 e. The van der Waals surface area contributed by atoms with Gasteiger partial charge in [0.25, 0.3) is 0 Å². The summed E-state index contributed by atoms with van der Waals surface area (Å²) in [5.74, 6) is 0. The number of hydrogen-bond acceptors (Lipinski definition) is 4. The van der Waals surface area contributed by atoms with Crippen LogP contribution in [-0.4, -0.2) is 23.7 Å². The fraction of sp³-hybridized carbons (Fsp3) is 0.500. The second kappa shape index (κ2) is 3.65. The third-order valence-electron chi connectivity index (χ3n) is 1.13. The van der Waals surface area contributed by atoms with Crippen LogP contribution in [0.5, 0.6) is 0 Å². The van der Waals surface area contributed by atoms with Gasteiger partial charge in [-0.1, -0.05) is 0 Å². The molecular weight excluding hydrogens is 148 g/mol. The molecule has 0 aliphatic heterocycles. The molecule has 0 fully saturated rings. The minimum atomic E-state index is -0.454. The van der Waals surface area contributed by atoms with Crippen LogP contribution >= 0.6 is 11.3 Å². The van der Waals surface area contributed by atoms with Crippen LogP contribution in [0, 0.1) is 0 Å². The van der Waals surface area contributed by atoms with Crippen molar-refractivity contribution >= 4 is 11.3 Å². The predicted molar refractivity (Wildman–Crippen MR) is 41.0 cm³/mol. The van der Waals surface area contributed by atoms with Gasteiger partial charge in [0.1, 0.15) is 11.1 Å². The van der Waals surface area contributed by atoms with Crippen molar-refractivity contribution < 1.29 is 5.11 Å². The Morgan fingerprint density at radius 1 is 1.90 bits per heavy atom. The van der Waals surface area contributed by atoms with E-state index in [0.717, 1.165) is 5.01 Å². The van der Waals surface area contributed by atoms with E-state index in [2.05, 4.69) is 10.3 Å². The van der Waals surface area contributed by atoms with Gasteiger partial charge in [-0.05, 0) is 7.05 Å². The van der Waals surface area contributed by atoms with Crippen molar-refractivity contribution in [3.05, 3.63) is 16.6 Å². The molecule has 1 rings (SSSR count). The summed E-state index contributed by atoms with van der Waals surface area (Å²) in [5, 5.41) is 14.8. The highest BCUT2D eigenvalue weighted by Crippen LogP contribution is 2.13. The van der Waals surface area contributed by atoms with Crippen LogP contribution in [0.3, 0.4) is 0 Å². The van der Waals surface area contributed by atoms with Gasteiger partial charge in [0.15, 0.2) is 0 Å². The zero-order chi connectivity index (χ0) is 7.40. The highest BCUT2D eigenvalue weighted by Gasteiger charge is 2.06. The number of likely N-dealkylation sites (N-methyl/N-ethyl adjacent to an activating group) is 1. The zero-order valence-electron chi connectivity index (χ0n) is 5.74. The van der Waals surface area contributed by atoms with Crippen LogP contribution in [0.15, 0.2) is 11.6 Å². The minimum Gasteiger partial charge on any atom is -0.385 e. The predicted octanol–water partition coefficient (Wildman–Crippen LogP) is 0.396. The SMILES string of the molecule is CNC[C@@H](O)c1nccs1. The highest BCUT2D eigenvalue weighted by molar-refractivity contribution is 7.09. The fourth-order valence-corrected chi connectivity index (χ4v) is 1.30. The lowest BCUT2D eigenvalue weighted by atomic mass is 10.4. The number of nitrogens with one attached hydrogen (secondary N) is 1. The van der Waals surface area contributed by atoms with Gasteiger partial charge in [0.05, 0.1) is 0 Å². The molecule has 0 amide bonds. The summed E-state index contributed by atoms with van der Waals surface area (Å²) >= 11 is 1.47. The van der Waals surface area contributed by atoms with Crippen molar-refractivity contribution in [1.82, 2.24) is 10.3 Å². The van der Waals surface area contributed by atoms with Gasteiger partial charge in [0.2, 0.25) is 0 Å². The molecular formula is C6H10N2OS. The average molecular weight is 158 g/mol. The Morgan fingerprint density at radius 3 is 3.20 bits per heavy atom. The van der Waals surface area contributed by atoms with E-state index >= 15 is 0 Å². The monoisotopic (exact) mass is 158 g/mol. The lowest BCUT2D eigenvalue weighted by Crippen LogP contribution is -2.16. The summed E-state index contributed by atoms with van der Waals surface area (Å²) in [6.07, 6.45) is 1.24. The van der Waals surface area contributed by atoms with Crippen molar-refractivity contribution in [3.8, 4) is 0 Å². The Morgan fingerprint density at radius 2 is 2.70 bits per heavy atom. The normalized spacial score (nSPS) is 13.4. The molecule has 0 aliphatic carbocycles. The standard InChI is InChI=1S/C6H10N2OS/c1-7-4-5(9)6-8-2-3-10-6/h2-3,5,7,9H,4H2,1H3/t5-/m1/s1. The smallest absolute Gasteiger partial charge is 0.122 e. The number of aliphatic hydroxyl groups excluding tert-OH is 1. The molecule has 4 heteroatoms. The van der Waals surface area contributed by atoms with Crippen molar-refractivity contribution in [1.29, 1.82) is 0 Å². The maximum atomic E-state index is 9.29. The van der Waals surface area contributed by atoms with Crippen LogP contribution in [0.2, 0.25) is 0 Å². The third kappa shape index (κ3) is 1.76. The van der Waals surface area contributed by atoms with E-state index in [4.69, 9.17) is 0 Å². The molecule has 10 heavy (non-hydrogen) atoms. The number of aliphatic hydroxyl groups is 1. The van der Waals surface area contributed by atoms with Crippen molar-refractivity contribution in [2.75, 3.05) is 13.6 Å². The van der Waals surface area contributed by atoms with Crippen LogP contribution in [-0.2, 0) is 0 Å². The second-order valence-electron chi connectivity index (χ2n) is 1.94. The average Bonchev–Trinajstić information content (AvgIpc) is 2.38. The zero-order valence-corrected chi connectivity index (χ0v) is 6.56. The van der Waals surface area contributed by atoms with Crippen LogP contribution < -0.4 is 5.32 Å². The first-order valence-electron chi connectivity index (χ1n) is 3.06. The van der Waals surface area contributed by atoms with Gasteiger partial charge in [-0.2, -0.15) is 0 Å². The van der Waals surface area contributed by atoms with E-state index in [9.17, 15) is 5.11 Å². The maximum absolute atomic E-state index is 9.29. The molecule has 0 unspecified atom stereocenters. The molecule has 3 nitrogen and oxygen atoms in total. The van der Waals surface area contributed by atoms with E-state index in [1.165, 1.54) is 11.3 Å². The van der Waals surface area contributed by atoms with Gasteiger partial charge in [0, 0.05) is 18.1 Å². The van der Waals surface area contributed by atoms with Gasteiger partial charge >= 0.3 is 0 Å². The summed E-state index contributed by atoms with van der Waals surface area (Å²) < 4.78 is 0. The van der Waals surface area contributed by atoms with Gasteiger partial charge in [-0.25, -0.2) is 4.98 Å². The summed E-state index contributed by atoms with van der Waals surface area (Å²) in [5.41, 5.74) is 0. The first-order chi connectivity index (χ1) is 4.84. The van der Waals surface area contributed by atoms with Gasteiger partial charge in [-0.15, -0.1) is 11.3 Å². The minimum absolute atomic E-state index is 0.454. The quantitative estimate of drug-likeness (QED) is 0.669. The lowest BCUT2D eigenvalue weighted by Gasteiger charge is -2.04. The van der Waals surface area contributed by atoms with Crippen molar-refractivity contribution in [2.45, 2.75) is 6.10 Å². The Labute approximate surface area is 63.7 Å². The Hall–Kier alpha value is -0.450. The molecule has 0 aliphatic rings. The number of nitrogens with zero attached hydrogens (tertiary/aromatic N) is 1. The third-order valence-corrected chi connectivity index (χ3v) is 2.01. The molecule has 56 valence electrons. The number of rotatable bonds is 3. The van der Waals surface area contributed by atoms with E-state index in [1.807, 2.05) is 5.38 Å². The molecule has 0 spiro atoms. The van der Waals surface area contributed by atoms with Crippen molar-refractivity contribution in [2.24, 2.45) is 0 Å². The summed E-state index contributed by atoms with van der Waals surface area (Å²) in [6.45, 7) is 0.563. The van der Waals surface area contributed by atoms with Crippen LogP contribution in [0.1, 0.15) is 11.1 Å². The Balaban J connectivity index is 2.50. The summed E-state index contributed by atoms with van der Waals surface area (Å²) in [6, 6.07) is 0. The van der Waals surface area contributed by atoms with E-state index in [-0.39, 0.29) is 0 Å². The molecule has 0 saturated heterocycles. The number of thiazole rings is 1. The summed E-state index contributed by atoms with van der Waals surface area (Å²) in [7, 11) is 1.80. The second-order valence-corrected chi connectivity index (χ2v) is 2.87.